The number of aromatic amines is 1. The molecule has 3 aromatic heterocycles. The third-order valence-electron chi connectivity index (χ3n) is 5.53. The molecule has 0 saturated carbocycles. The summed E-state index contributed by atoms with van der Waals surface area (Å²) in [7, 11) is 0. The monoisotopic (exact) mass is 432 g/mol. The molecular weight excluding hydrogens is 407 g/mol. The van der Waals surface area contributed by atoms with Gasteiger partial charge in [-0.25, -0.2) is 19.3 Å². The molecule has 3 aromatic rings. The first-order valence-electron chi connectivity index (χ1n) is 10.3. The van der Waals surface area contributed by atoms with Crippen LogP contribution in [0.4, 0.5) is 10.2 Å². The van der Waals surface area contributed by atoms with E-state index in [1.807, 2.05) is 6.92 Å². The minimum atomic E-state index is -0.476. The Labute approximate surface area is 179 Å². The maximum absolute atomic E-state index is 14.4. The van der Waals surface area contributed by atoms with Gasteiger partial charge in [-0.2, -0.15) is 0 Å². The van der Waals surface area contributed by atoms with Gasteiger partial charge < -0.3 is 20.3 Å². The van der Waals surface area contributed by atoms with Crippen molar-refractivity contribution in [2.24, 2.45) is 11.8 Å². The Bertz CT molecular complexity index is 1010. The van der Waals surface area contributed by atoms with Crippen LogP contribution < -0.4 is 5.32 Å². The van der Waals surface area contributed by atoms with Crippen LogP contribution in [0, 0.1) is 17.7 Å². The molecule has 0 unspecified atom stereocenters. The minimum Gasteiger partial charge on any atom is -0.396 e. The molecule has 1 saturated heterocycles. The van der Waals surface area contributed by atoms with Gasteiger partial charge in [-0.15, -0.1) is 0 Å². The predicted octanol–water partition coefficient (Wildman–Crippen LogP) is 3.56. The second kappa shape index (κ2) is 9.24. The molecule has 160 valence electrons. The molecule has 3 N–H and O–H groups in total. The van der Waals surface area contributed by atoms with Gasteiger partial charge in [0.25, 0.3) is 0 Å². The van der Waals surface area contributed by atoms with Crippen LogP contribution >= 0.6 is 11.6 Å². The van der Waals surface area contributed by atoms with Crippen molar-refractivity contribution < 1.29 is 9.50 Å². The first kappa shape index (κ1) is 21.0. The van der Waals surface area contributed by atoms with Crippen molar-refractivity contribution in [2.45, 2.75) is 19.8 Å². The molecular formula is C21H26ClFN6O. The predicted molar refractivity (Wildman–Crippen MR) is 116 cm³/mol. The van der Waals surface area contributed by atoms with Gasteiger partial charge in [0.2, 0.25) is 0 Å². The number of nitrogens with one attached hydrogen (secondary N) is 2. The van der Waals surface area contributed by atoms with Crippen LogP contribution in [-0.4, -0.2) is 62.7 Å². The van der Waals surface area contributed by atoms with Gasteiger partial charge in [-0.1, -0.05) is 18.5 Å². The molecule has 0 aromatic carbocycles. The summed E-state index contributed by atoms with van der Waals surface area (Å²) in [6.07, 6.45) is 6.70. The molecule has 0 spiro atoms. The number of H-pyrrole nitrogens is 1. The zero-order valence-electron chi connectivity index (χ0n) is 16.9. The van der Waals surface area contributed by atoms with E-state index in [9.17, 15) is 9.50 Å². The van der Waals surface area contributed by atoms with Crippen molar-refractivity contribution in [3.63, 3.8) is 0 Å². The maximum Gasteiger partial charge on any atom is 0.183 e. The Morgan fingerprint density at radius 3 is 3.10 bits per heavy atom. The molecule has 7 nitrogen and oxygen atoms in total. The molecule has 4 rings (SSSR count). The SMILES string of the molecule is C[C@H](CO)CN1CCC[C@H](CNc2nc(-c3c[nH]c4ncc(Cl)cc34)ncc2F)C1. The maximum atomic E-state index is 14.4. The van der Waals surface area contributed by atoms with Crippen LogP contribution in [0.2, 0.25) is 5.02 Å². The number of hydrogen-bond donors (Lipinski definition) is 3. The number of anilines is 1. The standard InChI is InChI=1S/C21H26ClFN6O/c1-13(12-30)10-29-4-2-3-14(11-29)6-24-21-18(23)9-27-20(28-21)17-8-26-19-16(17)5-15(22)7-25-19/h5,7-9,13-14,30H,2-4,6,10-12H2,1H3,(H,25,26)(H,24,27,28)/t13-,14+/m0/s1. The fourth-order valence-electron chi connectivity index (χ4n) is 4.01. The van der Waals surface area contributed by atoms with Crippen LogP contribution in [0.1, 0.15) is 19.8 Å². The second-order valence-electron chi connectivity index (χ2n) is 8.08. The molecule has 1 aliphatic rings. The van der Waals surface area contributed by atoms with E-state index >= 15 is 0 Å². The normalized spacial score (nSPS) is 18.6. The van der Waals surface area contributed by atoms with E-state index in [1.165, 1.54) is 6.20 Å². The highest BCUT2D eigenvalue weighted by Gasteiger charge is 2.22. The molecule has 2 atom stereocenters. The van der Waals surface area contributed by atoms with E-state index in [2.05, 4.69) is 30.2 Å². The topological polar surface area (TPSA) is 90.0 Å². The third kappa shape index (κ3) is 4.71. The number of likely N-dealkylation sites (tertiary alicyclic amines) is 1. The van der Waals surface area contributed by atoms with Gasteiger partial charge in [0, 0.05) is 49.6 Å². The molecule has 9 heteroatoms. The summed E-state index contributed by atoms with van der Waals surface area (Å²) in [5.74, 6) is 0.800. The van der Waals surface area contributed by atoms with E-state index < -0.39 is 5.82 Å². The zero-order valence-corrected chi connectivity index (χ0v) is 17.7. The highest BCUT2D eigenvalue weighted by atomic mass is 35.5. The van der Waals surface area contributed by atoms with Gasteiger partial charge in [0.15, 0.2) is 17.5 Å². The Balaban J connectivity index is 1.47. The smallest absolute Gasteiger partial charge is 0.183 e. The first-order chi connectivity index (χ1) is 14.5. The van der Waals surface area contributed by atoms with Crippen LogP contribution in [0.3, 0.4) is 0 Å². The Morgan fingerprint density at radius 1 is 1.40 bits per heavy atom. The van der Waals surface area contributed by atoms with Crippen LogP contribution in [-0.2, 0) is 0 Å². The number of rotatable bonds is 7. The van der Waals surface area contributed by atoms with Crippen molar-refractivity contribution in [1.29, 1.82) is 0 Å². The molecule has 0 amide bonds. The van der Waals surface area contributed by atoms with Gasteiger partial charge in [-0.3, -0.25) is 0 Å². The van der Waals surface area contributed by atoms with Gasteiger partial charge in [0.05, 0.1) is 11.2 Å². The molecule has 1 fully saturated rings. The number of hydrogen-bond acceptors (Lipinski definition) is 6. The minimum absolute atomic E-state index is 0.197. The number of fused-ring (bicyclic) bond motifs is 1. The third-order valence-corrected chi connectivity index (χ3v) is 5.73. The molecule has 4 heterocycles. The van der Waals surface area contributed by atoms with Crippen LogP contribution in [0.25, 0.3) is 22.4 Å². The van der Waals surface area contributed by atoms with E-state index in [0.29, 0.717) is 29.0 Å². The van der Waals surface area contributed by atoms with Gasteiger partial charge in [0.1, 0.15) is 5.65 Å². The van der Waals surface area contributed by atoms with Crippen LogP contribution in [0.5, 0.6) is 0 Å². The quantitative estimate of drug-likeness (QED) is 0.529. The lowest BCUT2D eigenvalue weighted by Gasteiger charge is -2.34. The molecule has 0 radical (unpaired) electrons. The van der Waals surface area contributed by atoms with E-state index in [0.717, 1.165) is 43.4 Å². The molecule has 0 aliphatic carbocycles. The Hall–Kier alpha value is -2.29. The van der Waals surface area contributed by atoms with Gasteiger partial charge >= 0.3 is 0 Å². The fourth-order valence-corrected chi connectivity index (χ4v) is 4.16. The van der Waals surface area contributed by atoms with E-state index in [1.54, 1.807) is 18.5 Å². The Kier molecular flexibility index (Phi) is 6.46. The number of nitrogens with zero attached hydrogens (tertiary/aromatic N) is 4. The first-order valence-corrected chi connectivity index (χ1v) is 10.6. The average molecular weight is 433 g/mol. The summed E-state index contributed by atoms with van der Waals surface area (Å²) in [6.45, 7) is 5.75. The van der Waals surface area contributed by atoms with Crippen molar-refractivity contribution in [3.8, 4) is 11.4 Å². The van der Waals surface area contributed by atoms with Crippen molar-refractivity contribution in [1.82, 2.24) is 24.8 Å². The summed E-state index contributed by atoms with van der Waals surface area (Å²) in [4.78, 5) is 18.3. The van der Waals surface area contributed by atoms with Gasteiger partial charge in [-0.05, 0) is 37.3 Å². The summed E-state index contributed by atoms with van der Waals surface area (Å²) in [6, 6.07) is 1.79. The van der Waals surface area contributed by atoms with Crippen molar-refractivity contribution in [2.75, 3.05) is 38.1 Å². The number of halogens is 2. The van der Waals surface area contributed by atoms with E-state index in [4.69, 9.17) is 11.6 Å². The number of aromatic nitrogens is 4. The average Bonchev–Trinajstić information content (AvgIpc) is 3.16. The number of pyridine rings is 1. The molecule has 30 heavy (non-hydrogen) atoms. The zero-order chi connectivity index (χ0) is 21.1. The van der Waals surface area contributed by atoms with E-state index in [-0.39, 0.29) is 18.3 Å². The van der Waals surface area contributed by atoms with Crippen LogP contribution in [0.15, 0.2) is 24.7 Å². The number of aliphatic hydroxyl groups is 1. The number of piperidine rings is 1. The number of aliphatic hydroxyl groups excluding tert-OH is 1. The van der Waals surface area contributed by atoms with Crippen molar-refractivity contribution in [3.05, 3.63) is 35.5 Å². The lowest BCUT2D eigenvalue weighted by atomic mass is 9.97. The lowest BCUT2D eigenvalue weighted by Crippen LogP contribution is -2.40. The fraction of sp³-hybridized carbons (Fsp3) is 0.476. The Morgan fingerprint density at radius 2 is 2.27 bits per heavy atom. The summed E-state index contributed by atoms with van der Waals surface area (Å²) in [5.41, 5.74) is 1.40. The largest absolute Gasteiger partial charge is 0.396 e. The molecule has 0 bridgehead atoms. The lowest BCUT2D eigenvalue weighted by molar-refractivity contribution is 0.131. The summed E-state index contributed by atoms with van der Waals surface area (Å²) >= 11 is 6.07. The summed E-state index contributed by atoms with van der Waals surface area (Å²) in [5, 5.41) is 13.8. The second-order valence-corrected chi connectivity index (χ2v) is 8.52. The van der Waals surface area contributed by atoms with Crippen molar-refractivity contribution >= 4 is 28.5 Å². The molecule has 1 aliphatic heterocycles. The highest BCUT2D eigenvalue weighted by Crippen LogP contribution is 2.28. The summed E-state index contributed by atoms with van der Waals surface area (Å²) < 4.78 is 14.4. The highest BCUT2D eigenvalue weighted by molar-refractivity contribution is 6.31.